The maximum atomic E-state index is 12.4. The number of benzene rings is 1. The van der Waals surface area contributed by atoms with Gasteiger partial charge in [0.05, 0.1) is 18.0 Å². The first kappa shape index (κ1) is 29.4. The van der Waals surface area contributed by atoms with Crippen molar-refractivity contribution < 1.29 is 24.5 Å². The molecule has 1 aromatic rings. The number of amides is 1. The van der Waals surface area contributed by atoms with Crippen LogP contribution in [0.2, 0.25) is 0 Å². The highest BCUT2D eigenvalue weighted by Crippen LogP contribution is 2.30. The van der Waals surface area contributed by atoms with Crippen LogP contribution in [0, 0.1) is 0 Å². The van der Waals surface area contributed by atoms with Crippen molar-refractivity contribution in [2.24, 2.45) is 5.10 Å². The summed E-state index contributed by atoms with van der Waals surface area (Å²) in [7, 11) is 0. The van der Waals surface area contributed by atoms with E-state index >= 15 is 0 Å². The molecule has 1 atom stereocenters. The summed E-state index contributed by atoms with van der Waals surface area (Å²) in [6.07, 6.45) is 8.36. The van der Waals surface area contributed by atoms with Crippen LogP contribution in [0.25, 0.3) is 0 Å². The lowest BCUT2D eigenvalue weighted by Gasteiger charge is -2.39. The number of piperazine rings is 1. The number of carboxylic acid groups (broad SMARTS) is 1. The van der Waals surface area contributed by atoms with Gasteiger partial charge in [-0.3, -0.25) is 0 Å². The largest absolute Gasteiger partial charge is 0.478 e. The molecule has 3 aliphatic rings. The van der Waals surface area contributed by atoms with Crippen molar-refractivity contribution in [3.63, 3.8) is 0 Å². The van der Waals surface area contributed by atoms with Crippen LogP contribution in [-0.2, 0) is 16.0 Å². The number of hydrazone groups is 1. The second kappa shape index (κ2) is 13.6. The Kier molecular flexibility index (Phi) is 10.0. The first-order valence-electron chi connectivity index (χ1n) is 14.0. The molecule has 0 bridgehead atoms. The average Bonchev–Trinajstić information content (AvgIpc) is 2.98. The lowest BCUT2D eigenvalue weighted by molar-refractivity contribution is -0.149. The van der Waals surface area contributed by atoms with Gasteiger partial charge in [-0.15, -0.1) is 0 Å². The van der Waals surface area contributed by atoms with E-state index in [1.54, 1.807) is 17.4 Å². The van der Waals surface area contributed by atoms with E-state index in [4.69, 9.17) is 14.9 Å². The standard InChI is InChI=1S/C30H41N5O5/c1-4-35-27(10-7-23-5-8-24(9-6-23)25-12-15-32(16-13-25)22(2)3)26(11-14-31-35)33-17-19-34(20-18-33)30(39)40-28(21-36)29(37)38/h4-6,8-11,14,22,25,28,36H,1,7,12-13,15-21H2,2-3H3,(H,37,38)/b27-10-. The molecule has 1 amide bonds. The molecule has 2 fully saturated rings. The van der Waals surface area contributed by atoms with Gasteiger partial charge in [-0.1, -0.05) is 36.9 Å². The fourth-order valence-electron chi connectivity index (χ4n) is 5.43. The Bertz CT molecular complexity index is 1130. The molecule has 3 aliphatic heterocycles. The highest BCUT2D eigenvalue weighted by atomic mass is 16.6. The topological polar surface area (TPSA) is 109 Å². The summed E-state index contributed by atoms with van der Waals surface area (Å²) in [5.41, 5.74) is 4.54. The molecule has 0 saturated carbocycles. The minimum absolute atomic E-state index is 0.365. The van der Waals surface area contributed by atoms with Gasteiger partial charge in [0, 0.05) is 44.6 Å². The molecule has 0 aromatic heterocycles. The summed E-state index contributed by atoms with van der Waals surface area (Å²) < 4.78 is 4.93. The van der Waals surface area contributed by atoms with Gasteiger partial charge in [-0.25, -0.2) is 14.6 Å². The second-order valence-corrected chi connectivity index (χ2v) is 10.6. The normalized spacial score (nSPS) is 20.6. The monoisotopic (exact) mass is 551 g/mol. The van der Waals surface area contributed by atoms with Gasteiger partial charge in [0.2, 0.25) is 6.10 Å². The van der Waals surface area contributed by atoms with Gasteiger partial charge in [0.15, 0.2) is 0 Å². The van der Waals surface area contributed by atoms with Crippen molar-refractivity contribution in [3.05, 3.63) is 71.7 Å². The van der Waals surface area contributed by atoms with Gasteiger partial charge >= 0.3 is 12.1 Å². The number of nitrogens with zero attached hydrogens (tertiary/aromatic N) is 5. The quantitative estimate of drug-likeness (QED) is 0.482. The highest BCUT2D eigenvalue weighted by Gasteiger charge is 2.30. The Balaban J connectivity index is 1.37. The molecular formula is C30H41N5O5. The van der Waals surface area contributed by atoms with Gasteiger partial charge in [-0.05, 0) is 69.3 Å². The molecule has 2 saturated heterocycles. The van der Waals surface area contributed by atoms with Crippen LogP contribution in [0.3, 0.4) is 0 Å². The zero-order valence-corrected chi connectivity index (χ0v) is 23.5. The molecule has 3 heterocycles. The van der Waals surface area contributed by atoms with Gasteiger partial charge in [-0.2, -0.15) is 5.10 Å². The number of hydrogen-bond acceptors (Lipinski definition) is 8. The van der Waals surface area contributed by atoms with E-state index in [-0.39, 0.29) is 0 Å². The Morgan fingerprint density at radius 2 is 1.77 bits per heavy atom. The summed E-state index contributed by atoms with van der Waals surface area (Å²) >= 11 is 0. The van der Waals surface area contributed by atoms with Gasteiger partial charge in [0.1, 0.15) is 0 Å². The van der Waals surface area contributed by atoms with Crippen molar-refractivity contribution in [2.75, 3.05) is 45.9 Å². The average molecular weight is 552 g/mol. The molecule has 2 N–H and O–H groups in total. The number of rotatable bonds is 9. The van der Waals surface area contributed by atoms with Crippen molar-refractivity contribution in [2.45, 2.75) is 51.2 Å². The summed E-state index contributed by atoms with van der Waals surface area (Å²) in [6, 6.07) is 9.59. The number of aliphatic hydroxyl groups is 1. The number of ether oxygens (including phenoxy) is 1. The van der Waals surface area contributed by atoms with E-state index in [0.29, 0.717) is 38.1 Å². The molecule has 10 heteroatoms. The molecule has 0 radical (unpaired) electrons. The fraction of sp³-hybridized carbons (Fsp3) is 0.500. The minimum atomic E-state index is -1.56. The number of carbonyl (C=O) groups is 2. The predicted molar refractivity (Wildman–Crippen MR) is 154 cm³/mol. The van der Waals surface area contributed by atoms with E-state index in [1.807, 2.05) is 6.08 Å². The maximum Gasteiger partial charge on any atom is 0.410 e. The number of allylic oxidation sites excluding steroid dienone is 2. The van der Waals surface area contributed by atoms with E-state index in [1.165, 1.54) is 28.9 Å². The number of carbonyl (C=O) groups excluding carboxylic acids is 1. The van der Waals surface area contributed by atoms with Crippen molar-refractivity contribution in [1.82, 2.24) is 19.7 Å². The smallest absolute Gasteiger partial charge is 0.410 e. The van der Waals surface area contributed by atoms with Crippen molar-refractivity contribution in [3.8, 4) is 0 Å². The van der Waals surface area contributed by atoms with Crippen LogP contribution >= 0.6 is 0 Å². The van der Waals surface area contributed by atoms with E-state index in [2.05, 4.69) is 65.7 Å². The fourth-order valence-corrected chi connectivity index (χ4v) is 5.43. The Morgan fingerprint density at radius 1 is 1.10 bits per heavy atom. The Hall–Kier alpha value is -3.63. The number of likely N-dealkylation sites (tertiary alicyclic amines) is 1. The Morgan fingerprint density at radius 3 is 2.35 bits per heavy atom. The lowest BCUT2D eigenvalue weighted by Crippen LogP contribution is -2.50. The number of hydrogen-bond donors (Lipinski definition) is 2. The van der Waals surface area contributed by atoms with Crippen molar-refractivity contribution >= 4 is 18.3 Å². The number of aliphatic carboxylic acids is 1. The van der Waals surface area contributed by atoms with Crippen LogP contribution < -0.4 is 0 Å². The molecule has 40 heavy (non-hydrogen) atoms. The van der Waals surface area contributed by atoms with Gasteiger partial charge in [0.25, 0.3) is 0 Å². The second-order valence-electron chi connectivity index (χ2n) is 10.6. The van der Waals surface area contributed by atoms with E-state index < -0.39 is 24.8 Å². The van der Waals surface area contributed by atoms with Crippen LogP contribution in [0.5, 0.6) is 0 Å². The highest BCUT2D eigenvalue weighted by molar-refractivity contribution is 5.77. The number of piperidine rings is 1. The SMILES string of the molecule is C=CN1N=CC=C(N2CCN(C(=O)OC(CO)C(=O)O)CC2)/C1=C/Cc1ccc(C2CCN(C(C)C)CC2)cc1. The molecule has 10 nitrogen and oxygen atoms in total. The number of aliphatic hydroxyl groups excluding tert-OH is 1. The lowest BCUT2D eigenvalue weighted by atomic mass is 9.88. The first-order valence-corrected chi connectivity index (χ1v) is 14.0. The molecule has 1 aromatic carbocycles. The van der Waals surface area contributed by atoms with Crippen LogP contribution in [0.15, 0.2) is 65.7 Å². The summed E-state index contributed by atoms with van der Waals surface area (Å²) in [5.74, 6) is -0.752. The third-order valence-electron chi connectivity index (χ3n) is 7.91. The summed E-state index contributed by atoms with van der Waals surface area (Å²) in [5, 5.41) is 24.4. The van der Waals surface area contributed by atoms with E-state index in [0.717, 1.165) is 30.9 Å². The van der Waals surface area contributed by atoms with Crippen molar-refractivity contribution in [1.29, 1.82) is 0 Å². The molecule has 1 unspecified atom stereocenters. The van der Waals surface area contributed by atoms with Crippen LogP contribution in [-0.4, -0.2) is 106 Å². The third-order valence-corrected chi connectivity index (χ3v) is 7.91. The molecule has 216 valence electrons. The third kappa shape index (κ3) is 7.11. The molecule has 0 aliphatic carbocycles. The predicted octanol–water partition coefficient (Wildman–Crippen LogP) is 3.23. The summed E-state index contributed by atoms with van der Waals surface area (Å²) in [6.45, 7) is 11.8. The molecule has 4 rings (SSSR count). The van der Waals surface area contributed by atoms with Crippen LogP contribution in [0.4, 0.5) is 4.79 Å². The van der Waals surface area contributed by atoms with Crippen LogP contribution in [0.1, 0.15) is 43.7 Å². The van der Waals surface area contributed by atoms with Gasteiger partial charge < -0.3 is 29.6 Å². The number of carboxylic acids is 1. The minimum Gasteiger partial charge on any atom is -0.478 e. The Labute approximate surface area is 236 Å². The maximum absolute atomic E-state index is 12.4. The summed E-state index contributed by atoms with van der Waals surface area (Å²) in [4.78, 5) is 29.7. The molecule has 0 spiro atoms. The zero-order valence-electron chi connectivity index (χ0n) is 23.5. The zero-order chi connectivity index (χ0) is 28.6. The molecular weight excluding hydrogens is 510 g/mol. The first-order chi connectivity index (χ1) is 19.3. The van der Waals surface area contributed by atoms with E-state index in [9.17, 15) is 9.59 Å².